The number of carbonyl (C=O) groups excluding carboxylic acids is 2. The van der Waals surface area contributed by atoms with Crippen molar-refractivity contribution in [1.29, 1.82) is 0 Å². The number of benzene rings is 3. The highest BCUT2D eigenvalue weighted by Crippen LogP contribution is 2.27. The van der Waals surface area contributed by atoms with E-state index in [1.54, 1.807) is 29.7 Å². The fourth-order valence-corrected chi connectivity index (χ4v) is 3.03. The van der Waals surface area contributed by atoms with E-state index in [2.05, 4.69) is 5.32 Å². The summed E-state index contributed by atoms with van der Waals surface area (Å²) in [5, 5.41) is 11.9. The van der Waals surface area contributed by atoms with Gasteiger partial charge in [-0.05, 0) is 28.8 Å². The van der Waals surface area contributed by atoms with Crippen LogP contribution in [0.25, 0.3) is 0 Å². The minimum Gasteiger partial charge on any atom is -0.367 e. The molecule has 3 aromatic rings. The van der Waals surface area contributed by atoms with Crippen LogP contribution in [0.2, 0.25) is 0 Å². The Hall–Kier alpha value is -3.48. The van der Waals surface area contributed by atoms with E-state index in [0.717, 1.165) is 11.1 Å². The molecular weight excluding hydrogens is 368 g/mol. The standard InChI is InChI=1S/C23H22N2O4/c26-21(16-29-15-17-8-3-1-4-9-17)24-20-13-7-12-19(14-20)22(23(27)25-28)18-10-5-2-6-11-18/h1-14,22,28H,15-16H2,(H,24,26)(H,25,27). The Morgan fingerprint density at radius 3 is 2.21 bits per heavy atom. The van der Waals surface area contributed by atoms with Crippen LogP contribution in [0.5, 0.6) is 0 Å². The third-order valence-corrected chi connectivity index (χ3v) is 4.35. The Morgan fingerprint density at radius 2 is 1.52 bits per heavy atom. The van der Waals surface area contributed by atoms with Crippen molar-refractivity contribution in [3.05, 3.63) is 102 Å². The number of hydroxylamine groups is 1. The van der Waals surface area contributed by atoms with Gasteiger partial charge in [0, 0.05) is 5.69 Å². The normalized spacial score (nSPS) is 11.5. The van der Waals surface area contributed by atoms with Gasteiger partial charge in [-0.1, -0.05) is 72.8 Å². The van der Waals surface area contributed by atoms with Crippen molar-refractivity contribution >= 4 is 17.5 Å². The van der Waals surface area contributed by atoms with E-state index >= 15 is 0 Å². The second kappa shape index (κ2) is 10.2. The molecule has 6 nitrogen and oxygen atoms in total. The SMILES string of the molecule is O=C(COCc1ccccc1)Nc1cccc(C(C(=O)NO)c2ccccc2)c1. The molecule has 29 heavy (non-hydrogen) atoms. The molecule has 3 rings (SSSR count). The van der Waals surface area contributed by atoms with Crippen molar-refractivity contribution in [2.75, 3.05) is 11.9 Å². The maximum absolute atomic E-state index is 12.3. The molecule has 0 heterocycles. The zero-order chi connectivity index (χ0) is 20.5. The Morgan fingerprint density at radius 1 is 0.862 bits per heavy atom. The summed E-state index contributed by atoms with van der Waals surface area (Å²) in [6.45, 7) is 0.263. The first-order chi connectivity index (χ1) is 14.2. The summed E-state index contributed by atoms with van der Waals surface area (Å²) in [6, 6.07) is 25.7. The summed E-state index contributed by atoms with van der Waals surface area (Å²) in [7, 11) is 0. The monoisotopic (exact) mass is 390 g/mol. The van der Waals surface area contributed by atoms with Crippen molar-refractivity contribution in [3.8, 4) is 0 Å². The van der Waals surface area contributed by atoms with E-state index in [4.69, 9.17) is 9.94 Å². The van der Waals surface area contributed by atoms with E-state index in [1.165, 1.54) is 0 Å². The lowest BCUT2D eigenvalue weighted by molar-refractivity contribution is -0.129. The van der Waals surface area contributed by atoms with Crippen molar-refractivity contribution in [2.45, 2.75) is 12.5 Å². The number of carbonyl (C=O) groups is 2. The van der Waals surface area contributed by atoms with Crippen LogP contribution in [-0.4, -0.2) is 23.6 Å². The molecule has 0 aliphatic rings. The lowest BCUT2D eigenvalue weighted by Crippen LogP contribution is -2.27. The fraction of sp³-hybridized carbons (Fsp3) is 0.130. The van der Waals surface area contributed by atoms with E-state index in [9.17, 15) is 9.59 Å². The molecule has 0 aromatic heterocycles. The summed E-state index contributed by atoms with van der Waals surface area (Å²) in [5.74, 6) is -1.54. The molecule has 1 unspecified atom stereocenters. The number of hydrogen-bond acceptors (Lipinski definition) is 4. The minimum absolute atomic E-state index is 0.0850. The lowest BCUT2D eigenvalue weighted by Gasteiger charge is -2.17. The summed E-state index contributed by atoms with van der Waals surface area (Å²) in [4.78, 5) is 24.4. The predicted molar refractivity (Wildman–Crippen MR) is 109 cm³/mol. The van der Waals surface area contributed by atoms with Crippen LogP contribution in [0.1, 0.15) is 22.6 Å². The highest BCUT2D eigenvalue weighted by Gasteiger charge is 2.22. The third-order valence-electron chi connectivity index (χ3n) is 4.35. The van der Waals surface area contributed by atoms with Crippen molar-refractivity contribution in [2.24, 2.45) is 0 Å². The molecule has 3 N–H and O–H groups in total. The number of anilines is 1. The Kier molecular flexibility index (Phi) is 7.10. The molecular formula is C23H22N2O4. The molecule has 1 atom stereocenters. The van der Waals surface area contributed by atoms with Gasteiger partial charge in [-0.2, -0.15) is 0 Å². The van der Waals surface area contributed by atoms with Gasteiger partial charge in [0.1, 0.15) is 6.61 Å². The van der Waals surface area contributed by atoms with Crippen molar-refractivity contribution in [1.82, 2.24) is 5.48 Å². The molecule has 0 aliphatic carbocycles. The van der Waals surface area contributed by atoms with Gasteiger partial charge >= 0.3 is 0 Å². The van der Waals surface area contributed by atoms with E-state index < -0.39 is 11.8 Å². The average Bonchev–Trinajstić information content (AvgIpc) is 2.75. The quantitative estimate of drug-likeness (QED) is 0.406. The maximum Gasteiger partial charge on any atom is 0.255 e. The first-order valence-electron chi connectivity index (χ1n) is 9.18. The predicted octanol–water partition coefficient (Wildman–Crippen LogP) is 3.48. The van der Waals surface area contributed by atoms with E-state index in [0.29, 0.717) is 17.9 Å². The number of amides is 2. The first-order valence-corrected chi connectivity index (χ1v) is 9.18. The molecule has 0 radical (unpaired) electrons. The zero-order valence-electron chi connectivity index (χ0n) is 15.7. The average molecular weight is 390 g/mol. The van der Waals surface area contributed by atoms with Crippen LogP contribution < -0.4 is 10.8 Å². The van der Waals surface area contributed by atoms with Crippen molar-refractivity contribution in [3.63, 3.8) is 0 Å². The highest BCUT2D eigenvalue weighted by molar-refractivity contribution is 5.92. The van der Waals surface area contributed by atoms with Gasteiger partial charge < -0.3 is 10.1 Å². The molecule has 148 valence electrons. The largest absolute Gasteiger partial charge is 0.367 e. The van der Waals surface area contributed by atoms with Gasteiger partial charge in [-0.25, -0.2) is 5.48 Å². The zero-order valence-corrected chi connectivity index (χ0v) is 15.7. The van der Waals surface area contributed by atoms with Gasteiger partial charge in [-0.3, -0.25) is 14.8 Å². The first kappa shape index (κ1) is 20.3. The van der Waals surface area contributed by atoms with Gasteiger partial charge in [0.15, 0.2) is 0 Å². The summed E-state index contributed by atoms with van der Waals surface area (Å²) < 4.78 is 5.45. The van der Waals surface area contributed by atoms with Crippen LogP contribution in [0, 0.1) is 0 Å². The second-order valence-electron chi connectivity index (χ2n) is 6.47. The van der Waals surface area contributed by atoms with Crippen LogP contribution >= 0.6 is 0 Å². The van der Waals surface area contributed by atoms with Crippen LogP contribution in [0.15, 0.2) is 84.9 Å². The molecule has 0 spiro atoms. The molecule has 0 bridgehead atoms. The Bertz CT molecular complexity index is 945. The van der Waals surface area contributed by atoms with Gasteiger partial charge in [0.25, 0.3) is 5.91 Å². The number of nitrogens with one attached hydrogen (secondary N) is 2. The Labute approximate surface area is 169 Å². The topological polar surface area (TPSA) is 87.7 Å². The molecule has 0 saturated carbocycles. The van der Waals surface area contributed by atoms with Crippen LogP contribution in [0.4, 0.5) is 5.69 Å². The van der Waals surface area contributed by atoms with Gasteiger partial charge in [0.05, 0.1) is 12.5 Å². The number of ether oxygens (including phenoxy) is 1. The molecule has 0 saturated heterocycles. The molecule has 0 aliphatic heterocycles. The maximum atomic E-state index is 12.3. The highest BCUT2D eigenvalue weighted by atomic mass is 16.5. The molecule has 6 heteroatoms. The summed E-state index contributed by atoms with van der Waals surface area (Å²) >= 11 is 0. The second-order valence-corrected chi connectivity index (χ2v) is 6.47. The molecule has 3 aromatic carbocycles. The lowest BCUT2D eigenvalue weighted by atomic mass is 9.90. The van der Waals surface area contributed by atoms with Gasteiger partial charge in [-0.15, -0.1) is 0 Å². The van der Waals surface area contributed by atoms with Crippen LogP contribution in [-0.2, 0) is 20.9 Å². The number of rotatable bonds is 8. The summed E-state index contributed by atoms with van der Waals surface area (Å²) in [6.07, 6.45) is 0. The third kappa shape index (κ3) is 5.75. The molecule has 0 fully saturated rings. The Balaban J connectivity index is 1.66. The smallest absolute Gasteiger partial charge is 0.255 e. The summed E-state index contributed by atoms with van der Waals surface area (Å²) in [5.41, 5.74) is 4.63. The van der Waals surface area contributed by atoms with Crippen molar-refractivity contribution < 1.29 is 19.5 Å². The van der Waals surface area contributed by atoms with Gasteiger partial charge in [0.2, 0.25) is 5.91 Å². The van der Waals surface area contributed by atoms with Crippen LogP contribution in [0.3, 0.4) is 0 Å². The van der Waals surface area contributed by atoms with E-state index in [1.807, 2.05) is 60.7 Å². The fourth-order valence-electron chi connectivity index (χ4n) is 3.03. The molecule has 2 amide bonds. The van der Waals surface area contributed by atoms with E-state index in [-0.39, 0.29) is 12.5 Å². The number of hydrogen-bond donors (Lipinski definition) is 3. The minimum atomic E-state index is -0.701.